The lowest BCUT2D eigenvalue weighted by Gasteiger charge is -2.14. The van der Waals surface area contributed by atoms with Crippen LogP contribution in [0.15, 0.2) is 40.2 Å². The van der Waals surface area contributed by atoms with E-state index in [1.807, 2.05) is 37.3 Å². The average Bonchev–Trinajstić information content (AvgIpc) is 3.01. The maximum atomic E-state index is 11.9. The van der Waals surface area contributed by atoms with E-state index in [1.54, 1.807) is 6.08 Å². The van der Waals surface area contributed by atoms with Gasteiger partial charge in [-0.2, -0.15) is 0 Å². The van der Waals surface area contributed by atoms with E-state index in [0.717, 1.165) is 19.8 Å². The van der Waals surface area contributed by atoms with Crippen molar-refractivity contribution in [1.82, 2.24) is 10.9 Å². The van der Waals surface area contributed by atoms with Crippen LogP contribution in [-0.2, 0) is 9.59 Å². The Kier molecular flexibility index (Phi) is 7.41. The van der Waals surface area contributed by atoms with Crippen LogP contribution >= 0.6 is 27.3 Å². The summed E-state index contributed by atoms with van der Waals surface area (Å²) in [4.78, 5) is 24.5. The number of carbonyl (C=O) groups excluding carboxylic acids is 2. The predicted octanol–water partition coefficient (Wildman–Crippen LogP) is 4.18. The third-order valence-corrected chi connectivity index (χ3v) is 5.06. The normalized spacial score (nSPS) is 11.0. The van der Waals surface area contributed by atoms with Crippen molar-refractivity contribution in [3.63, 3.8) is 0 Å². The minimum atomic E-state index is -0.429. The van der Waals surface area contributed by atoms with Crippen molar-refractivity contribution in [3.05, 3.63) is 56.2 Å². The molecular formula is C19H21BrN2O3S. The van der Waals surface area contributed by atoms with E-state index >= 15 is 0 Å². The lowest BCUT2D eigenvalue weighted by Crippen LogP contribution is -2.43. The zero-order valence-corrected chi connectivity index (χ0v) is 17.2. The number of hydrazine groups is 1. The van der Waals surface area contributed by atoms with Gasteiger partial charge in [-0.1, -0.05) is 26.0 Å². The summed E-state index contributed by atoms with van der Waals surface area (Å²) in [7, 11) is 0. The number of ether oxygens (including phenoxy) is 1. The Morgan fingerprint density at radius 3 is 2.65 bits per heavy atom. The maximum absolute atomic E-state index is 11.9. The van der Waals surface area contributed by atoms with Gasteiger partial charge in [-0.3, -0.25) is 20.4 Å². The van der Waals surface area contributed by atoms with E-state index in [1.165, 1.54) is 17.4 Å². The SMILES string of the molecule is Cc1ccc(C(C)C)c(OCC(=O)NNC(=O)/C=C/c2ccc(Br)s2)c1. The molecule has 0 unspecified atom stereocenters. The monoisotopic (exact) mass is 436 g/mol. The number of carbonyl (C=O) groups is 2. The quantitative estimate of drug-likeness (QED) is 0.526. The molecule has 2 aromatic rings. The van der Waals surface area contributed by atoms with Crippen molar-refractivity contribution in [2.24, 2.45) is 0 Å². The zero-order chi connectivity index (χ0) is 19.1. The zero-order valence-electron chi connectivity index (χ0n) is 14.8. The topological polar surface area (TPSA) is 67.4 Å². The minimum absolute atomic E-state index is 0.176. The number of halogens is 1. The van der Waals surface area contributed by atoms with Crippen molar-refractivity contribution in [1.29, 1.82) is 0 Å². The minimum Gasteiger partial charge on any atom is -0.483 e. The molecule has 0 saturated heterocycles. The number of aryl methyl sites for hydroxylation is 1. The van der Waals surface area contributed by atoms with Crippen molar-refractivity contribution in [2.45, 2.75) is 26.7 Å². The molecule has 2 amide bonds. The van der Waals surface area contributed by atoms with Gasteiger partial charge in [0.2, 0.25) is 0 Å². The van der Waals surface area contributed by atoms with Gasteiger partial charge in [0.05, 0.1) is 3.79 Å². The Labute approximate surface area is 165 Å². The summed E-state index contributed by atoms with van der Waals surface area (Å²) in [6, 6.07) is 9.71. The van der Waals surface area contributed by atoms with Crippen LogP contribution in [-0.4, -0.2) is 18.4 Å². The van der Waals surface area contributed by atoms with E-state index in [4.69, 9.17) is 4.74 Å². The van der Waals surface area contributed by atoms with Gasteiger partial charge in [-0.25, -0.2) is 0 Å². The number of hydrogen-bond acceptors (Lipinski definition) is 4. The molecule has 0 saturated carbocycles. The molecule has 2 rings (SSSR count). The van der Waals surface area contributed by atoms with Gasteiger partial charge in [0.15, 0.2) is 6.61 Å². The van der Waals surface area contributed by atoms with E-state index in [9.17, 15) is 9.59 Å². The Balaban J connectivity index is 1.81. The first-order valence-electron chi connectivity index (χ1n) is 8.10. The molecule has 0 spiro atoms. The molecule has 0 aliphatic heterocycles. The summed E-state index contributed by atoms with van der Waals surface area (Å²) in [5, 5.41) is 0. The fourth-order valence-corrected chi connectivity index (χ4v) is 3.50. The van der Waals surface area contributed by atoms with Crippen LogP contribution in [0.2, 0.25) is 0 Å². The highest BCUT2D eigenvalue weighted by molar-refractivity contribution is 9.11. The van der Waals surface area contributed by atoms with Crippen LogP contribution in [0, 0.1) is 6.92 Å². The third kappa shape index (κ3) is 6.31. The second-order valence-electron chi connectivity index (χ2n) is 6.00. The number of thiophene rings is 1. The molecule has 0 atom stereocenters. The molecule has 1 aromatic carbocycles. The second-order valence-corrected chi connectivity index (χ2v) is 8.49. The van der Waals surface area contributed by atoms with E-state index in [2.05, 4.69) is 40.6 Å². The molecule has 0 aliphatic rings. The molecule has 5 nitrogen and oxygen atoms in total. The fourth-order valence-electron chi connectivity index (χ4n) is 2.17. The van der Waals surface area contributed by atoms with Crippen LogP contribution in [0.3, 0.4) is 0 Å². The fraction of sp³-hybridized carbons (Fsp3) is 0.263. The van der Waals surface area contributed by atoms with Crippen LogP contribution in [0.25, 0.3) is 6.08 Å². The lowest BCUT2D eigenvalue weighted by molar-refractivity contribution is -0.128. The summed E-state index contributed by atoms with van der Waals surface area (Å²) in [6.07, 6.45) is 3.03. The summed E-state index contributed by atoms with van der Waals surface area (Å²) in [5.41, 5.74) is 6.77. The highest BCUT2D eigenvalue weighted by Gasteiger charge is 2.10. The summed E-state index contributed by atoms with van der Waals surface area (Å²) in [6.45, 7) is 5.92. The molecule has 138 valence electrons. The van der Waals surface area contributed by atoms with Crippen molar-refractivity contribution >= 4 is 45.2 Å². The molecule has 0 fully saturated rings. The van der Waals surface area contributed by atoms with Crippen LogP contribution in [0.5, 0.6) is 5.75 Å². The smallest absolute Gasteiger partial charge is 0.276 e. The first kappa shape index (κ1) is 20.2. The Morgan fingerprint density at radius 1 is 1.23 bits per heavy atom. The molecular weight excluding hydrogens is 416 g/mol. The Morgan fingerprint density at radius 2 is 2.00 bits per heavy atom. The predicted molar refractivity (Wildman–Crippen MR) is 108 cm³/mol. The second kappa shape index (κ2) is 9.54. The molecule has 0 aliphatic carbocycles. The van der Waals surface area contributed by atoms with Gasteiger partial charge in [0, 0.05) is 11.0 Å². The molecule has 7 heteroatoms. The van der Waals surface area contributed by atoms with Crippen molar-refractivity contribution in [3.8, 4) is 5.75 Å². The Bertz CT molecular complexity index is 815. The maximum Gasteiger partial charge on any atom is 0.276 e. The number of benzene rings is 1. The summed E-state index contributed by atoms with van der Waals surface area (Å²) < 4.78 is 6.61. The number of rotatable bonds is 6. The molecule has 26 heavy (non-hydrogen) atoms. The van der Waals surface area contributed by atoms with E-state index in [0.29, 0.717) is 5.75 Å². The van der Waals surface area contributed by atoms with Crippen LogP contribution < -0.4 is 15.6 Å². The van der Waals surface area contributed by atoms with Gasteiger partial charge in [-0.05, 0) is 64.2 Å². The summed E-state index contributed by atoms with van der Waals surface area (Å²) in [5.74, 6) is 0.128. The van der Waals surface area contributed by atoms with Gasteiger partial charge in [0.25, 0.3) is 11.8 Å². The molecule has 0 bridgehead atoms. The highest BCUT2D eigenvalue weighted by atomic mass is 79.9. The number of nitrogens with one attached hydrogen (secondary N) is 2. The van der Waals surface area contributed by atoms with Gasteiger partial charge in [0.1, 0.15) is 5.75 Å². The molecule has 1 heterocycles. The van der Waals surface area contributed by atoms with Gasteiger partial charge >= 0.3 is 0 Å². The number of amides is 2. The van der Waals surface area contributed by atoms with Crippen molar-refractivity contribution < 1.29 is 14.3 Å². The standard InChI is InChI=1S/C19H21BrN2O3S/c1-12(2)15-7-4-13(3)10-16(15)25-11-19(24)22-21-18(23)9-6-14-5-8-17(20)26-14/h4-10,12H,11H2,1-3H3,(H,21,23)(H,22,24)/b9-6+. The molecule has 0 radical (unpaired) electrons. The molecule has 1 aromatic heterocycles. The lowest BCUT2D eigenvalue weighted by atomic mass is 10.0. The molecule has 2 N–H and O–H groups in total. The third-order valence-electron chi connectivity index (χ3n) is 3.47. The number of hydrogen-bond donors (Lipinski definition) is 2. The van der Waals surface area contributed by atoms with Gasteiger partial charge < -0.3 is 4.74 Å². The van der Waals surface area contributed by atoms with E-state index < -0.39 is 11.8 Å². The van der Waals surface area contributed by atoms with Gasteiger partial charge in [-0.15, -0.1) is 11.3 Å². The average molecular weight is 437 g/mol. The first-order valence-corrected chi connectivity index (χ1v) is 9.71. The van der Waals surface area contributed by atoms with Crippen molar-refractivity contribution in [2.75, 3.05) is 6.61 Å². The highest BCUT2D eigenvalue weighted by Crippen LogP contribution is 2.27. The van der Waals surface area contributed by atoms with E-state index in [-0.39, 0.29) is 12.5 Å². The van der Waals surface area contributed by atoms with Crippen LogP contribution in [0.4, 0.5) is 0 Å². The first-order chi connectivity index (χ1) is 12.3. The summed E-state index contributed by atoms with van der Waals surface area (Å²) >= 11 is 4.86. The van der Waals surface area contributed by atoms with Crippen LogP contribution in [0.1, 0.15) is 35.8 Å². The largest absolute Gasteiger partial charge is 0.483 e. The Hall–Kier alpha value is -2.12.